The molecule has 7 fully saturated rings. The monoisotopic (exact) mass is 212 g/mol. The number of hydrogen-bond acceptors (Lipinski definition) is 0. The zero-order valence-corrected chi connectivity index (χ0v) is 9.76. The smallest absolute Gasteiger partial charge is 0.0312 e. The summed E-state index contributed by atoms with van der Waals surface area (Å²) in [7, 11) is 0. The molecule has 7 rings (SSSR count). The van der Waals surface area contributed by atoms with Gasteiger partial charge in [-0.2, -0.15) is 0 Å². The maximum Gasteiger partial charge on any atom is -0.0312 e. The van der Waals surface area contributed by atoms with Crippen LogP contribution in [0.25, 0.3) is 0 Å². The predicted octanol–water partition coefficient (Wildman–Crippen LogP) is 3.04. The van der Waals surface area contributed by atoms with Gasteiger partial charge in [0.2, 0.25) is 0 Å². The van der Waals surface area contributed by atoms with Crippen molar-refractivity contribution in [1.82, 2.24) is 0 Å². The molecular weight excluding hydrogens is 192 g/mol. The summed E-state index contributed by atoms with van der Waals surface area (Å²) >= 11 is 0. The van der Waals surface area contributed by atoms with Gasteiger partial charge in [-0.05, 0) is 96.7 Å². The lowest BCUT2D eigenvalue weighted by Gasteiger charge is -2.91. The van der Waals surface area contributed by atoms with Crippen LogP contribution in [0.1, 0.15) is 25.7 Å². The SMILES string of the molecule is C1C[C@H]2[C@@H]1[C@H]1C3C(C4C3[C@H]3[C@H]5CC[C@H]5[C@@H]43)[C@@H]21. The van der Waals surface area contributed by atoms with Crippen molar-refractivity contribution in [2.45, 2.75) is 25.7 Å². The molecule has 84 valence electrons. The minimum atomic E-state index is 1.27. The standard InChI is InChI=1S/C16H20/c1-2-6-5(1)9-10(6)14-13(9)15-11-7-3-4-8(7)12(11)16(14)15/h5-16H,1-4H2/t5-,6+,7+,8-,9-,10+,11+,12-,13?,14?,15?,16?. The lowest BCUT2D eigenvalue weighted by molar-refractivity contribution is -0.441. The zero-order chi connectivity index (χ0) is 9.76. The lowest BCUT2D eigenvalue weighted by atomic mass is 9.13. The highest BCUT2D eigenvalue weighted by atomic mass is 14.9. The van der Waals surface area contributed by atoms with Crippen LogP contribution in [0.4, 0.5) is 0 Å². The van der Waals surface area contributed by atoms with Gasteiger partial charge in [-0.1, -0.05) is 0 Å². The van der Waals surface area contributed by atoms with Crippen molar-refractivity contribution < 1.29 is 0 Å². The normalized spacial score (nSPS) is 87.0. The molecule has 16 heavy (non-hydrogen) atoms. The van der Waals surface area contributed by atoms with E-state index < -0.39 is 0 Å². The molecular formula is C16H20. The van der Waals surface area contributed by atoms with Gasteiger partial charge in [0.25, 0.3) is 0 Å². The van der Waals surface area contributed by atoms with Crippen molar-refractivity contribution in [3.05, 3.63) is 0 Å². The third kappa shape index (κ3) is 0.432. The third-order valence-corrected chi connectivity index (χ3v) is 9.19. The topological polar surface area (TPSA) is 0 Å². The van der Waals surface area contributed by atoms with Gasteiger partial charge < -0.3 is 0 Å². The summed E-state index contributed by atoms with van der Waals surface area (Å²) in [6, 6.07) is 0. The first-order valence-electron chi connectivity index (χ1n) is 7.97. The van der Waals surface area contributed by atoms with E-state index in [2.05, 4.69) is 0 Å². The summed E-state index contributed by atoms with van der Waals surface area (Å²) in [6.07, 6.45) is 6.53. The highest BCUT2D eigenvalue weighted by Gasteiger charge is 2.86. The Labute approximate surface area is 97.2 Å². The van der Waals surface area contributed by atoms with Crippen LogP contribution in [0.15, 0.2) is 0 Å². The van der Waals surface area contributed by atoms with Crippen molar-refractivity contribution in [3.63, 3.8) is 0 Å². The predicted molar refractivity (Wildman–Crippen MR) is 60.3 cm³/mol. The Hall–Kier alpha value is 0. The molecule has 0 amide bonds. The first-order valence-corrected chi connectivity index (χ1v) is 7.97. The molecule has 0 bridgehead atoms. The molecule has 0 nitrogen and oxygen atoms in total. The van der Waals surface area contributed by atoms with Crippen LogP contribution in [0.5, 0.6) is 0 Å². The van der Waals surface area contributed by atoms with Crippen molar-refractivity contribution >= 4 is 0 Å². The van der Waals surface area contributed by atoms with Crippen molar-refractivity contribution in [1.29, 1.82) is 0 Å². The molecule has 7 saturated carbocycles. The van der Waals surface area contributed by atoms with Crippen molar-refractivity contribution in [2.75, 3.05) is 0 Å². The Morgan fingerprint density at radius 2 is 0.562 bits per heavy atom. The van der Waals surface area contributed by atoms with Crippen LogP contribution >= 0.6 is 0 Å². The van der Waals surface area contributed by atoms with Gasteiger partial charge in [-0.25, -0.2) is 0 Å². The lowest BCUT2D eigenvalue weighted by Crippen LogP contribution is -2.87. The fraction of sp³-hybridized carbons (Fsp3) is 1.00. The van der Waals surface area contributed by atoms with E-state index in [0.717, 1.165) is 0 Å². The van der Waals surface area contributed by atoms with E-state index in [-0.39, 0.29) is 0 Å². The van der Waals surface area contributed by atoms with Crippen LogP contribution in [0, 0.1) is 71.0 Å². The summed E-state index contributed by atoms with van der Waals surface area (Å²) < 4.78 is 0. The summed E-state index contributed by atoms with van der Waals surface area (Å²) in [5.74, 6) is 15.5. The molecule has 0 heteroatoms. The summed E-state index contributed by atoms with van der Waals surface area (Å²) in [5.41, 5.74) is 0. The fourth-order valence-corrected chi connectivity index (χ4v) is 8.68. The van der Waals surface area contributed by atoms with Gasteiger partial charge in [0, 0.05) is 0 Å². The third-order valence-electron chi connectivity index (χ3n) is 9.19. The maximum absolute atomic E-state index is 1.63. The molecule has 0 aromatic heterocycles. The van der Waals surface area contributed by atoms with E-state index in [1.54, 1.807) is 25.7 Å². The second-order valence-electron chi connectivity index (χ2n) is 8.43. The molecule has 0 heterocycles. The van der Waals surface area contributed by atoms with E-state index >= 15 is 0 Å². The molecule has 8 atom stereocenters. The minimum Gasteiger partial charge on any atom is -0.0496 e. The average molecular weight is 212 g/mol. The van der Waals surface area contributed by atoms with Crippen LogP contribution in [0.3, 0.4) is 0 Å². The fourth-order valence-electron chi connectivity index (χ4n) is 8.68. The second kappa shape index (κ2) is 1.84. The van der Waals surface area contributed by atoms with Crippen LogP contribution < -0.4 is 0 Å². The summed E-state index contributed by atoms with van der Waals surface area (Å²) in [5, 5.41) is 0. The van der Waals surface area contributed by atoms with Crippen LogP contribution in [0.2, 0.25) is 0 Å². The van der Waals surface area contributed by atoms with E-state index in [1.165, 1.54) is 71.0 Å². The van der Waals surface area contributed by atoms with Gasteiger partial charge >= 0.3 is 0 Å². The Morgan fingerprint density at radius 1 is 0.312 bits per heavy atom. The average Bonchev–Trinajstić information content (AvgIpc) is 2.19. The van der Waals surface area contributed by atoms with E-state index in [0.29, 0.717) is 0 Å². The van der Waals surface area contributed by atoms with Gasteiger partial charge in [0.15, 0.2) is 0 Å². The molecule has 0 spiro atoms. The largest absolute Gasteiger partial charge is 0.0496 e. The highest BCUT2D eigenvalue weighted by Crippen LogP contribution is 2.90. The van der Waals surface area contributed by atoms with E-state index in [4.69, 9.17) is 0 Å². The molecule has 7 aliphatic carbocycles. The number of hydrogen-bond donors (Lipinski definition) is 0. The van der Waals surface area contributed by atoms with Crippen LogP contribution in [-0.2, 0) is 0 Å². The second-order valence-corrected chi connectivity index (χ2v) is 8.43. The Balaban J connectivity index is 1.27. The molecule has 0 saturated heterocycles. The van der Waals surface area contributed by atoms with Crippen molar-refractivity contribution in [2.24, 2.45) is 71.0 Å². The van der Waals surface area contributed by atoms with Crippen molar-refractivity contribution in [3.8, 4) is 0 Å². The first kappa shape index (κ1) is 7.44. The Morgan fingerprint density at radius 3 is 0.750 bits per heavy atom. The van der Waals surface area contributed by atoms with Gasteiger partial charge in [-0.15, -0.1) is 0 Å². The maximum atomic E-state index is 1.63. The minimum absolute atomic E-state index is 1.27. The molecule has 0 aromatic carbocycles. The summed E-state index contributed by atoms with van der Waals surface area (Å²) in [4.78, 5) is 0. The molecule has 0 aliphatic heterocycles. The first-order chi connectivity index (χ1) is 7.97. The Bertz CT molecular complexity index is 338. The summed E-state index contributed by atoms with van der Waals surface area (Å²) in [6.45, 7) is 0. The molecule has 0 unspecified atom stereocenters. The van der Waals surface area contributed by atoms with Crippen LogP contribution in [-0.4, -0.2) is 0 Å². The molecule has 0 aromatic rings. The Kier molecular flexibility index (Phi) is 0.854. The molecule has 0 radical (unpaired) electrons. The highest BCUT2D eigenvalue weighted by molar-refractivity contribution is 5.33. The van der Waals surface area contributed by atoms with Gasteiger partial charge in [-0.3, -0.25) is 0 Å². The number of fused-ring (bicyclic) bond motifs is 16. The van der Waals surface area contributed by atoms with Gasteiger partial charge in [0.1, 0.15) is 0 Å². The zero-order valence-electron chi connectivity index (χ0n) is 9.76. The van der Waals surface area contributed by atoms with E-state index in [1.807, 2.05) is 0 Å². The quantitative estimate of drug-likeness (QED) is 0.541. The van der Waals surface area contributed by atoms with E-state index in [9.17, 15) is 0 Å². The number of rotatable bonds is 0. The van der Waals surface area contributed by atoms with Gasteiger partial charge in [0.05, 0.1) is 0 Å². The molecule has 7 aliphatic rings. The molecule has 0 N–H and O–H groups in total.